The van der Waals surface area contributed by atoms with Crippen LogP contribution in [-0.4, -0.2) is 4.98 Å². The standard InChI is InChI=1S/C13H11BrClNO/c14-12-3-1-2-10(6-12)8-17-9-11-4-5-13(15)16-7-11/h1-7H,8-9H2. The molecule has 2 rings (SSSR count). The van der Waals surface area contributed by atoms with E-state index in [2.05, 4.69) is 20.9 Å². The molecule has 0 aliphatic rings. The first kappa shape index (κ1) is 12.6. The second-order valence-corrected chi connectivity index (χ2v) is 4.91. The Morgan fingerprint density at radius 1 is 1.12 bits per heavy atom. The topological polar surface area (TPSA) is 22.1 Å². The predicted octanol–water partition coefficient (Wildman–Crippen LogP) is 4.21. The van der Waals surface area contributed by atoms with Crippen LogP contribution in [0.1, 0.15) is 11.1 Å². The minimum atomic E-state index is 0.501. The quantitative estimate of drug-likeness (QED) is 0.789. The monoisotopic (exact) mass is 311 g/mol. The van der Waals surface area contributed by atoms with Gasteiger partial charge in [-0.2, -0.15) is 0 Å². The molecule has 0 saturated heterocycles. The van der Waals surface area contributed by atoms with Gasteiger partial charge in [-0.05, 0) is 29.3 Å². The molecule has 0 spiro atoms. The Hall–Kier alpha value is -0.900. The van der Waals surface area contributed by atoms with Crippen molar-refractivity contribution in [1.29, 1.82) is 0 Å². The van der Waals surface area contributed by atoms with Crippen molar-refractivity contribution >= 4 is 27.5 Å². The molecule has 0 aliphatic carbocycles. The van der Waals surface area contributed by atoms with E-state index >= 15 is 0 Å². The molecule has 2 nitrogen and oxygen atoms in total. The highest BCUT2D eigenvalue weighted by Crippen LogP contribution is 2.13. The Labute approximate surface area is 114 Å². The van der Waals surface area contributed by atoms with E-state index in [-0.39, 0.29) is 0 Å². The minimum Gasteiger partial charge on any atom is -0.372 e. The molecule has 88 valence electrons. The minimum absolute atomic E-state index is 0.501. The molecule has 0 fully saturated rings. The molecule has 2 aromatic rings. The summed E-state index contributed by atoms with van der Waals surface area (Å²) >= 11 is 9.13. The highest BCUT2D eigenvalue weighted by molar-refractivity contribution is 9.10. The largest absolute Gasteiger partial charge is 0.372 e. The van der Waals surface area contributed by atoms with E-state index in [1.54, 1.807) is 12.3 Å². The van der Waals surface area contributed by atoms with Gasteiger partial charge in [0.2, 0.25) is 0 Å². The molecule has 1 aromatic heterocycles. The van der Waals surface area contributed by atoms with Gasteiger partial charge in [0, 0.05) is 10.7 Å². The third-order valence-electron chi connectivity index (χ3n) is 2.22. The molecule has 0 radical (unpaired) electrons. The smallest absolute Gasteiger partial charge is 0.129 e. The van der Waals surface area contributed by atoms with Crippen LogP contribution in [-0.2, 0) is 18.0 Å². The molecule has 0 saturated carbocycles. The zero-order valence-electron chi connectivity index (χ0n) is 9.07. The van der Waals surface area contributed by atoms with Crippen LogP contribution in [0.4, 0.5) is 0 Å². The van der Waals surface area contributed by atoms with Gasteiger partial charge in [-0.3, -0.25) is 0 Å². The van der Waals surface area contributed by atoms with Crippen molar-refractivity contribution in [3.05, 3.63) is 63.3 Å². The van der Waals surface area contributed by atoms with Crippen molar-refractivity contribution in [1.82, 2.24) is 4.98 Å². The summed E-state index contributed by atoms with van der Waals surface area (Å²) in [6.07, 6.45) is 1.73. The summed E-state index contributed by atoms with van der Waals surface area (Å²) in [5.41, 5.74) is 2.16. The van der Waals surface area contributed by atoms with Crippen LogP contribution < -0.4 is 0 Å². The SMILES string of the molecule is Clc1ccc(COCc2cccc(Br)c2)cn1. The number of hydrogen-bond acceptors (Lipinski definition) is 2. The van der Waals surface area contributed by atoms with Crippen LogP contribution >= 0.6 is 27.5 Å². The fourth-order valence-corrected chi connectivity index (χ4v) is 1.96. The summed E-state index contributed by atoms with van der Waals surface area (Å²) < 4.78 is 6.66. The van der Waals surface area contributed by atoms with E-state index in [0.29, 0.717) is 18.4 Å². The van der Waals surface area contributed by atoms with E-state index in [1.807, 2.05) is 30.3 Å². The number of halogens is 2. The Balaban J connectivity index is 1.85. The molecule has 0 unspecified atom stereocenters. The second-order valence-electron chi connectivity index (χ2n) is 3.61. The van der Waals surface area contributed by atoms with Gasteiger partial charge in [0.05, 0.1) is 13.2 Å². The van der Waals surface area contributed by atoms with Gasteiger partial charge in [0.15, 0.2) is 0 Å². The Bertz CT molecular complexity index is 487. The number of ether oxygens (including phenoxy) is 1. The lowest BCUT2D eigenvalue weighted by Gasteiger charge is -2.04. The summed E-state index contributed by atoms with van der Waals surface area (Å²) in [6, 6.07) is 11.7. The third-order valence-corrected chi connectivity index (χ3v) is 2.93. The lowest BCUT2D eigenvalue weighted by molar-refractivity contribution is 0.107. The van der Waals surface area contributed by atoms with Crippen molar-refractivity contribution in [3.8, 4) is 0 Å². The zero-order valence-corrected chi connectivity index (χ0v) is 11.4. The zero-order chi connectivity index (χ0) is 12.1. The van der Waals surface area contributed by atoms with Gasteiger partial charge >= 0.3 is 0 Å². The van der Waals surface area contributed by atoms with Crippen molar-refractivity contribution in [2.75, 3.05) is 0 Å². The first-order valence-electron chi connectivity index (χ1n) is 5.16. The van der Waals surface area contributed by atoms with Crippen LogP contribution in [0.15, 0.2) is 47.1 Å². The van der Waals surface area contributed by atoms with Crippen LogP contribution in [0.5, 0.6) is 0 Å². The lowest BCUT2D eigenvalue weighted by Crippen LogP contribution is -1.94. The average molecular weight is 313 g/mol. The lowest BCUT2D eigenvalue weighted by atomic mass is 10.2. The highest BCUT2D eigenvalue weighted by atomic mass is 79.9. The molecule has 4 heteroatoms. The van der Waals surface area contributed by atoms with Crippen LogP contribution in [0.25, 0.3) is 0 Å². The molecule has 0 aliphatic heterocycles. The normalized spacial score (nSPS) is 10.5. The Morgan fingerprint density at radius 3 is 2.65 bits per heavy atom. The molecule has 0 bridgehead atoms. The Kier molecular flexibility index (Phi) is 4.54. The van der Waals surface area contributed by atoms with E-state index in [4.69, 9.17) is 16.3 Å². The maximum atomic E-state index is 5.70. The van der Waals surface area contributed by atoms with Gasteiger partial charge < -0.3 is 4.74 Å². The third kappa shape index (κ3) is 4.11. The number of aromatic nitrogens is 1. The number of rotatable bonds is 4. The molecule has 0 atom stereocenters. The number of pyridine rings is 1. The summed E-state index contributed by atoms with van der Waals surface area (Å²) in [7, 11) is 0. The van der Waals surface area contributed by atoms with Crippen LogP contribution in [0.3, 0.4) is 0 Å². The number of hydrogen-bond donors (Lipinski definition) is 0. The molecular weight excluding hydrogens is 302 g/mol. The first-order chi connectivity index (χ1) is 8.24. The number of benzene rings is 1. The molecule has 1 aromatic carbocycles. The fourth-order valence-electron chi connectivity index (χ4n) is 1.41. The fraction of sp³-hybridized carbons (Fsp3) is 0.154. The summed E-state index contributed by atoms with van der Waals surface area (Å²) in [5.74, 6) is 0. The average Bonchev–Trinajstić information content (AvgIpc) is 2.32. The summed E-state index contributed by atoms with van der Waals surface area (Å²) in [5, 5.41) is 0.501. The van der Waals surface area contributed by atoms with Gasteiger partial charge in [0.1, 0.15) is 5.15 Å². The van der Waals surface area contributed by atoms with Crippen LogP contribution in [0.2, 0.25) is 5.15 Å². The molecule has 0 N–H and O–H groups in total. The van der Waals surface area contributed by atoms with E-state index in [1.165, 1.54) is 0 Å². The first-order valence-corrected chi connectivity index (χ1v) is 6.34. The van der Waals surface area contributed by atoms with Gasteiger partial charge in [0.25, 0.3) is 0 Å². The molecular formula is C13H11BrClNO. The summed E-state index contributed by atoms with van der Waals surface area (Å²) in [4.78, 5) is 4.00. The molecule has 1 heterocycles. The maximum absolute atomic E-state index is 5.70. The highest BCUT2D eigenvalue weighted by Gasteiger charge is 1.97. The van der Waals surface area contributed by atoms with Gasteiger partial charge in [-0.1, -0.05) is 45.7 Å². The van der Waals surface area contributed by atoms with E-state index in [9.17, 15) is 0 Å². The van der Waals surface area contributed by atoms with Crippen molar-refractivity contribution in [2.24, 2.45) is 0 Å². The van der Waals surface area contributed by atoms with E-state index in [0.717, 1.165) is 15.6 Å². The predicted molar refractivity (Wildman–Crippen MR) is 71.9 cm³/mol. The van der Waals surface area contributed by atoms with Crippen LogP contribution in [0, 0.1) is 0 Å². The number of nitrogens with zero attached hydrogens (tertiary/aromatic N) is 1. The van der Waals surface area contributed by atoms with Crippen molar-refractivity contribution in [2.45, 2.75) is 13.2 Å². The Morgan fingerprint density at radius 2 is 1.94 bits per heavy atom. The summed E-state index contributed by atoms with van der Waals surface area (Å²) in [6.45, 7) is 1.12. The maximum Gasteiger partial charge on any atom is 0.129 e. The van der Waals surface area contributed by atoms with Crippen molar-refractivity contribution in [3.63, 3.8) is 0 Å². The van der Waals surface area contributed by atoms with Gasteiger partial charge in [-0.25, -0.2) is 4.98 Å². The second kappa shape index (κ2) is 6.15. The van der Waals surface area contributed by atoms with Gasteiger partial charge in [-0.15, -0.1) is 0 Å². The van der Waals surface area contributed by atoms with Crippen molar-refractivity contribution < 1.29 is 4.74 Å². The van der Waals surface area contributed by atoms with E-state index < -0.39 is 0 Å². The molecule has 0 amide bonds. The molecule has 17 heavy (non-hydrogen) atoms.